The Balaban J connectivity index is 0.00000380. The average molecular weight is 530 g/mol. The van der Waals surface area contributed by atoms with Gasteiger partial charge in [0, 0.05) is 36.0 Å². The summed E-state index contributed by atoms with van der Waals surface area (Å²) in [6.07, 6.45) is 5.54. The van der Waals surface area contributed by atoms with Crippen LogP contribution >= 0.6 is 12.4 Å². The number of rotatable bonds is 10. The normalized spacial score (nSPS) is 10.4. The number of H-pyrrole nitrogens is 1. The number of imidazole rings is 1. The number of methoxy groups -OCH3 is 3. The highest BCUT2D eigenvalue weighted by atomic mass is 35.5. The number of hydrogen-bond donors (Lipinski definition) is 2. The fourth-order valence-corrected chi connectivity index (χ4v) is 3.77. The number of hydroxylamine groups is 1. The molecule has 2 aromatic carbocycles. The number of hydrogen-bond acceptors (Lipinski definition) is 8. The summed E-state index contributed by atoms with van der Waals surface area (Å²) in [6, 6.07) is 10.5. The highest BCUT2D eigenvalue weighted by molar-refractivity contribution is 5.91. The predicted molar refractivity (Wildman–Crippen MR) is 139 cm³/mol. The molecule has 0 bridgehead atoms. The van der Waals surface area contributed by atoms with Gasteiger partial charge >= 0.3 is 6.03 Å². The maximum absolute atomic E-state index is 12.8. The van der Waals surface area contributed by atoms with Crippen molar-refractivity contribution >= 4 is 24.1 Å². The number of amides is 2. The van der Waals surface area contributed by atoms with Crippen molar-refractivity contribution in [3.63, 3.8) is 0 Å². The molecule has 2 heterocycles. The summed E-state index contributed by atoms with van der Waals surface area (Å²) in [5, 5.41) is 8.03. The Hall–Kier alpha value is -4.22. The van der Waals surface area contributed by atoms with Gasteiger partial charge < -0.3 is 29.0 Å². The lowest BCUT2D eigenvalue weighted by molar-refractivity contribution is 0.163. The molecule has 0 aliphatic carbocycles. The Morgan fingerprint density at radius 3 is 2.41 bits per heavy atom. The van der Waals surface area contributed by atoms with Crippen LogP contribution in [0.4, 0.5) is 10.5 Å². The molecule has 11 nitrogen and oxygen atoms in total. The fraction of sp³-hybridized carbons (Fsp3) is 0.240. The summed E-state index contributed by atoms with van der Waals surface area (Å²) in [5.41, 5.74) is 3.62. The zero-order valence-corrected chi connectivity index (χ0v) is 21.6. The van der Waals surface area contributed by atoms with Crippen molar-refractivity contribution in [2.24, 2.45) is 0 Å². The Morgan fingerprint density at radius 2 is 1.78 bits per heavy atom. The van der Waals surface area contributed by atoms with E-state index in [2.05, 4.69) is 20.4 Å². The van der Waals surface area contributed by atoms with Gasteiger partial charge in [-0.15, -0.1) is 12.4 Å². The lowest BCUT2D eigenvalue weighted by Crippen LogP contribution is -2.40. The molecule has 12 heteroatoms. The van der Waals surface area contributed by atoms with E-state index in [9.17, 15) is 4.79 Å². The average Bonchev–Trinajstić information content (AvgIpc) is 3.61. The molecule has 2 amide bonds. The van der Waals surface area contributed by atoms with Crippen LogP contribution in [0.2, 0.25) is 0 Å². The number of aromatic nitrogens is 3. The van der Waals surface area contributed by atoms with Crippen LogP contribution in [0.15, 0.2) is 59.6 Å². The first kappa shape index (κ1) is 27.4. The van der Waals surface area contributed by atoms with Crippen LogP contribution in [0.25, 0.3) is 22.5 Å². The van der Waals surface area contributed by atoms with Gasteiger partial charge in [-0.1, -0.05) is 17.3 Å². The Kier molecular flexibility index (Phi) is 9.36. The molecule has 196 valence electrons. The second kappa shape index (κ2) is 12.7. The first-order chi connectivity index (χ1) is 17.6. The lowest BCUT2D eigenvalue weighted by Gasteiger charge is -2.20. The highest BCUT2D eigenvalue weighted by Gasteiger charge is 2.21. The third kappa shape index (κ3) is 5.96. The van der Waals surface area contributed by atoms with E-state index in [1.807, 2.05) is 18.2 Å². The number of carbonyl (C=O) groups excluding carboxylic acids is 1. The van der Waals surface area contributed by atoms with Crippen molar-refractivity contribution in [1.29, 1.82) is 0 Å². The van der Waals surface area contributed by atoms with Crippen molar-refractivity contribution < 1.29 is 28.4 Å². The highest BCUT2D eigenvalue weighted by Crippen LogP contribution is 2.43. The summed E-state index contributed by atoms with van der Waals surface area (Å²) in [4.78, 5) is 25.1. The monoisotopic (exact) mass is 529 g/mol. The van der Waals surface area contributed by atoms with E-state index < -0.39 is 6.03 Å². The van der Waals surface area contributed by atoms with E-state index in [1.165, 1.54) is 12.2 Å². The minimum Gasteiger partial charge on any atom is -0.493 e. The van der Waals surface area contributed by atoms with Gasteiger partial charge in [0.15, 0.2) is 17.3 Å². The Morgan fingerprint density at radius 1 is 1.03 bits per heavy atom. The zero-order valence-electron chi connectivity index (χ0n) is 20.8. The Labute approximate surface area is 220 Å². The summed E-state index contributed by atoms with van der Waals surface area (Å²) < 4.78 is 22.0. The van der Waals surface area contributed by atoms with E-state index in [4.69, 9.17) is 23.6 Å². The summed E-state index contributed by atoms with van der Waals surface area (Å²) >= 11 is 0. The van der Waals surface area contributed by atoms with Crippen LogP contribution in [-0.2, 0) is 11.3 Å². The van der Waals surface area contributed by atoms with Crippen molar-refractivity contribution in [3.05, 3.63) is 60.8 Å². The topological polar surface area (TPSA) is 124 Å². The fourth-order valence-electron chi connectivity index (χ4n) is 3.77. The molecule has 0 fully saturated rings. The van der Waals surface area contributed by atoms with Gasteiger partial charge in [-0.2, -0.15) is 5.06 Å². The number of anilines is 1. The molecule has 0 aliphatic heterocycles. The number of nitrogens with zero attached hydrogens (tertiary/aromatic N) is 3. The van der Waals surface area contributed by atoms with Gasteiger partial charge in [0.1, 0.15) is 0 Å². The van der Waals surface area contributed by atoms with Crippen LogP contribution in [-0.4, -0.2) is 56.1 Å². The van der Waals surface area contributed by atoms with Gasteiger partial charge in [-0.25, -0.2) is 9.78 Å². The van der Waals surface area contributed by atoms with E-state index >= 15 is 0 Å². The van der Waals surface area contributed by atoms with E-state index in [1.54, 1.807) is 58.2 Å². The van der Waals surface area contributed by atoms with Gasteiger partial charge in [-0.05, 0) is 29.8 Å². The third-order valence-corrected chi connectivity index (χ3v) is 5.48. The first-order valence-corrected chi connectivity index (χ1v) is 11.0. The number of benzene rings is 2. The van der Waals surface area contributed by atoms with Crippen molar-refractivity contribution in [2.75, 3.05) is 40.0 Å². The molecule has 2 N–H and O–H groups in total. The molecular formula is C25H28ClN5O6. The number of halogens is 1. The molecule has 0 unspecified atom stereocenters. The van der Waals surface area contributed by atoms with E-state index in [0.29, 0.717) is 52.8 Å². The number of ether oxygens (including phenoxy) is 3. The molecule has 0 saturated carbocycles. The molecule has 0 atom stereocenters. The van der Waals surface area contributed by atoms with Gasteiger partial charge in [0.05, 0.1) is 46.7 Å². The molecule has 4 rings (SSSR count). The second-order valence-corrected chi connectivity index (χ2v) is 7.57. The van der Waals surface area contributed by atoms with Crippen LogP contribution in [0, 0.1) is 0 Å². The van der Waals surface area contributed by atoms with Crippen molar-refractivity contribution in [1.82, 2.24) is 20.4 Å². The molecule has 0 spiro atoms. The number of carbonyl (C=O) groups is 1. The van der Waals surface area contributed by atoms with Gasteiger partial charge in [0.25, 0.3) is 0 Å². The molecule has 0 radical (unpaired) electrons. The maximum atomic E-state index is 12.8. The zero-order chi connectivity index (χ0) is 25.5. The molecule has 2 aromatic heterocycles. The maximum Gasteiger partial charge on any atom is 0.346 e. The Bertz CT molecular complexity index is 1290. The van der Waals surface area contributed by atoms with Crippen LogP contribution < -0.4 is 24.6 Å². The minimum absolute atomic E-state index is 0. The van der Waals surface area contributed by atoms with Crippen molar-refractivity contribution in [3.8, 4) is 39.7 Å². The van der Waals surface area contributed by atoms with Gasteiger partial charge in [-0.3, -0.25) is 4.84 Å². The molecule has 0 saturated heterocycles. The summed E-state index contributed by atoms with van der Waals surface area (Å²) in [7, 11) is 6.07. The minimum atomic E-state index is -0.399. The van der Waals surface area contributed by atoms with Crippen LogP contribution in [0.5, 0.6) is 17.2 Å². The number of nitrogens with one attached hydrogen (secondary N) is 2. The molecule has 4 aromatic rings. The van der Waals surface area contributed by atoms with Crippen LogP contribution in [0.1, 0.15) is 5.69 Å². The standard InChI is InChI=1S/C25H27N5O6.ClH/c1-32-21-11-17(12-22(33-2)24(21)34-3)23-20(14-29-36-23)16-6-5-7-19(10-16)30(35-4)25(31)27-9-8-18-13-26-15-28-18;/h5-7,10-15H,8-9H2,1-4H3,(H,26,28)(H,27,31);1H. The third-order valence-electron chi connectivity index (χ3n) is 5.48. The van der Waals surface area contributed by atoms with E-state index in [-0.39, 0.29) is 12.4 Å². The number of urea groups is 1. The van der Waals surface area contributed by atoms with Gasteiger partial charge in [0.2, 0.25) is 5.75 Å². The summed E-state index contributed by atoms with van der Waals surface area (Å²) in [5.74, 6) is 1.95. The second-order valence-electron chi connectivity index (χ2n) is 7.57. The SMILES string of the molecule is COc1cc(-c2oncc2-c2cccc(N(OC)C(=O)NCCc3cnc[nH]3)c2)cc(OC)c1OC.Cl. The van der Waals surface area contributed by atoms with Crippen LogP contribution in [0.3, 0.4) is 0 Å². The molecule has 37 heavy (non-hydrogen) atoms. The largest absolute Gasteiger partial charge is 0.493 e. The van der Waals surface area contributed by atoms with E-state index in [0.717, 1.165) is 11.3 Å². The molecular weight excluding hydrogens is 502 g/mol. The smallest absolute Gasteiger partial charge is 0.346 e. The lowest BCUT2D eigenvalue weighted by atomic mass is 10.0. The first-order valence-electron chi connectivity index (χ1n) is 11.0. The summed E-state index contributed by atoms with van der Waals surface area (Å²) in [6.45, 7) is 0.414. The van der Waals surface area contributed by atoms with Crippen molar-refractivity contribution in [2.45, 2.75) is 6.42 Å². The quantitative estimate of drug-likeness (QED) is 0.288. The number of aromatic amines is 1. The molecule has 0 aliphatic rings. The predicted octanol–water partition coefficient (Wildman–Crippen LogP) is 4.50.